The molecule has 0 aliphatic carbocycles. The minimum atomic E-state index is -4.72. The molecule has 0 heterocycles. The summed E-state index contributed by atoms with van der Waals surface area (Å²) in [5, 5.41) is 3.32. The van der Waals surface area contributed by atoms with E-state index >= 15 is 0 Å². The summed E-state index contributed by atoms with van der Waals surface area (Å²) in [5.41, 5.74) is -0.00785. The molecule has 1 atom stereocenters. The molecule has 0 spiro atoms. The SMILES string of the molecule is CC(C)CNC(=O)[C@H](Cc1ccccc1)N(Cc1ccc(Cl)cc1)C(=O)CN(c1cccc(C(F)(F)F)c1)S(C)(=O)=O. The highest BCUT2D eigenvalue weighted by Crippen LogP contribution is 2.32. The van der Waals surface area contributed by atoms with E-state index in [0.29, 0.717) is 27.5 Å². The summed E-state index contributed by atoms with van der Waals surface area (Å²) in [6.07, 6.45) is -3.80. The molecule has 1 N–H and O–H groups in total. The third-order valence-electron chi connectivity index (χ3n) is 6.36. The van der Waals surface area contributed by atoms with E-state index in [4.69, 9.17) is 11.6 Å². The summed E-state index contributed by atoms with van der Waals surface area (Å²) >= 11 is 6.04. The van der Waals surface area contributed by atoms with Crippen molar-refractivity contribution in [3.05, 3.63) is 101 Å². The Bertz CT molecular complexity index is 1470. The highest BCUT2D eigenvalue weighted by molar-refractivity contribution is 7.92. The van der Waals surface area contributed by atoms with E-state index in [2.05, 4.69) is 5.32 Å². The van der Waals surface area contributed by atoms with Crippen molar-refractivity contribution in [1.82, 2.24) is 10.2 Å². The summed E-state index contributed by atoms with van der Waals surface area (Å²) in [6.45, 7) is 3.27. The maximum atomic E-state index is 14.0. The van der Waals surface area contributed by atoms with E-state index < -0.39 is 46.2 Å². The molecule has 0 aromatic heterocycles. The van der Waals surface area contributed by atoms with Gasteiger partial charge in [-0.25, -0.2) is 8.42 Å². The molecular formula is C30H33ClF3N3O4S. The fourth-order valence-corrected chi connectivity index (χ4v) is 5.18. The molecule has 42 heavy (non-hydrogen) atoms. The zero-order chi connectivity index (χ0) is 31.1. The van der Waals surface area contributed by atoms with E-state index in [1.807, 2.05) is 19.9 Å². The third-order valence-corrected chi connectivity index (χ3v) is 7.76. The zero-order valence-corrected chi connectivity index (χ0v) is 25.0. The number of alkyl halides is 3. The van der Waals surface area contributed by atoms with Gasteiger partial charge in [-0.1, -0.05) is 74.0 Å². The topological polar surface area (TPSA) is 86.8 Å². The number of benzene rings is 3. The predicted octanol–water partition coefficient (Wildman–Crippen LogP) is 5.54. The maximum absolute atomic E-state index is 14.0. The first-order valence-corrected chi connectivity index (χ1v) is 15.4. The van der Waals surface area contributed by atoms with Gasteiger partial charge in [0.2, 0.25) is 21.8 Å². The van der Waals surface area contributed by atoms with E-state index in [9.17, 15) is 31.2 Å². The average Bonchev–Trinajstić information content (AvgIpc) is 2.92. The van der Waals surface area contributed by atoms with Gasteiger partial charge in [0, 0.05) is 24.5 Å². The van der Waals surface area contributed by atoms with E-state index in [-0.39, 0.29) is 24.6 Å². The zero-order valence-electron chi connectivity index (χ0n) is 23.4. The molecule has 3 rings (SSSR count). The molecule has 3 aromatic carbocycles. The molecule has 226 valence electrons. The van der Waals surface area contributed by atoms with Gasteiger partial charge in [0.15, 0.2) is 0 Å². The number of nitrogens with zero attached hydrogens (tertiary/aromatic N) is 2. The van der Waals surface area contributed by atoms with E-state index in [1.165, 1.54) is 11.0 Å². The Kier molecular flexibility index (Phi) is 11.0. The lowest BCUT2D eigenvalue weighted by Crippen LogP contribution is -2.53. The number of halogens is 4. The van der Waals surface area contributed by atoms with Gasteiger partial charge in [-0.2, -0.15) is 13.2 Å². The van der Waals surface area contributed by atoms with Crippen molar-refractivity contribution in [3.8, 4) is 0 Å². The molecule has 0 unspecified atom stereocenters. The maximum Gasteiger partial charge on any atom is 0.416 e. The number of anilines is 1. The lowest BCUT2D eigenvalue weighted by Gasteiger charge is -2.33. The molecule has 0 bridgehead atoms. The number of hydrogen-bond donors (Lipinski definition) is 1. The summed E-state index contributed by atoms with van der Waals surface area (Å²) in [7, 11) is -4.21. The van der Waals surface area contributed by atoms with Crippen molar-refractivity contribution < 1.29 is 31.2 Å². The number of carbonyl (C=O) groups excluding carboxylic acids is 2. The Morgan fingerprint density at radius 3 is 2.14 bits per heavy atom. The molecule has 2 amide bonds. The fourth-order valence-electron chi connectivity index (χ4n) is 4.21. The van der Waals surface area contributed by atoms with Crippen molar-refractivity contribution in [2.75, 3.05) is 23.7 Å². The van der Waals surface area contributed by atoms with E-state index in [0.717, 1.165) is 24.0 Å². The second kappa shape index (κ2) is 14.1. The van der Waals surface area contributed by atoms with Gasteiger partial charge in [0.25, 0.3) is 0 Å². The summed E-state index contributed by atoms with van der Waals surface area (Å²) in [4.78, 5) is 28.8. The molecule has 7 nitrogen and oxygen atoms in total. The normalized spacial score (nSPS) is 12.6. The van der Waals surface area contributed by atoms with Crippen LogP contribution in [0.4, 0.5) is 18.9 Å². The summed E-state index contributed by atoms with van der Waals surface area (Å²) in [6, 6.07) is 18.3. The standard InChI is InChI=1S/C30H33ClF3N3O4S/c1-21(2)18-35-29(39)27(16-22-8-5-4-6-9-22)36(19-23-12-14-25(31)15-13-23)28(38)20-37(42(3,40)41)26-11-7-10-24(17-26)30(32,33)34/h4-15,17,21,27H,16,18-20H2,1-3H3,(H,35,39)/t27-/m0/s1. The minimum absolute atomic E-state index is 0.0806. The second-order valence-electron chi connectivity index (χ2n) is 10.3. The molecule has 0 radical (unpaired) electrons. The van der Waals surface area contributed by atoms with Gasteiger partial charge < -0.3 is 10.2 Å². The van der Waals surface area contributed by atoms with Crippen molar-refractivity contribution in [1.29, 1.82) is 0 Å². The Hall–Kier alpha value is -3.57. The van der Waals surface area contributed by atoms with Crippen LogP contribution < -0.4 is 9.62 Å². The number of nitrogens with one attached hydrogen (secondary N) is 1. The first-order chi connectivity index (χ1) is 19.6. The highest BCUT2D eigenvalue weighted by atomic mass is 35.5. The third kappa shape index (κ3) is 9.49. The molecule has 3 aromatic rings. The number of hydrogen-bond acceptors (Lipinski definition) is 4. The highest BCUT2D eigenvalue weighted by Gasteiger charge is 2.35. The van der Waals surface area contributed by atoms with Crippen LogP contribution >= 0.6 is 11.6 Å². The van der Waals surface area contributed by atoms with Crippen molar-refractivity contribution in [3.63, 3.8) is 0 Å². The monoisotopic (exact) mass is 623 g/mol. The lowest BCUT2D eigenvalue weighted by molar-refractivity contribution is -0.140. The summed E-state index contributed by atoms with van der Waals surface area (Å²) in [5.74, 6) is -1.10. The van der Waals surface area contributed by atoms with Gasteiger partial charge in [0.05, 0.1) is 17.5 Å². The Labute approximate surface area is 249 Å². The molecule has 0 saturated carbocycles. The van der Waals surface area contributed by atoms with Gasteiger partial charge in [0.1, 0.15) is 12.6 Å². The first kappa shape index (κ1) is 32.9. The van der Waals surface area contributed by atoms with Crippen molar-refractivity contribution in [2.24, 2.45) is 5.92 Å². The van der Waals surface area contributed by atoms with Crippen LogP contribution in [0.3, 0.4) is 0 Å². The Morgan fingerprint density at radius 2 is 1.57 bits per heavy atom. The molecule has 0 fully saturated rings. The number of carbonyl (C=O) groups is 2. The molecular weight excluding hydrogens is 591 g/mol. The van der Waals surface area contributed by atoms with Crippen molar-refractivity contribution >= 4 is 39.1 Å². The number of amides is 2. The minimum Gasteiger partial charge on any atom is -0.354 e. The van der Waals surface area contributed by atoms with Gasteiger partial charge >= 0.3 is 6.18 Å². The number of rotatable bonds is 12. The average molecular weight is 624 g/mol. The second-order valence-corrected chi connectivity index (χ2v) is 12.7. The predicted molar refractivity (Wildman–Crippen MR) is 157 cm³/mol. The lowest BCUT2D eigenvalue weighted by atomic mass is 10.0. The van der Waals surface area contributed by atoms with Crippen LogP contribution in [-0.2, 0) is 38.8 Å². The molecule has 0 saturated heterocycles. The van der Waals surface area contributed by atoms with Gasteiger partial charge in [-0.15, -0.1) is 0 Å². The molecule has 0 aliphatic rings. The van der Waals surface area contributed by atoms with E-state index in [1.54, 1.807) is 48.5 Å². The van der Waals surface area contributed by atoms with Crippen LogP contribution in [0.2, 0.25) is 5.02 Å². The van der Waals surface area contributed by atoms with Gasteiger partial charge in [-0.05, 0) is 47.4 Å². The van der Waals surface area contributed by atoms with Crippen LogP contribution in [0.5, 0.6) is 0 Å². The van der Waals surface area contributed by atoms with Crippen LogP contribution in [0.1, 0.15) is 30.5 Å². The molecule has 12 heteroatoms. The van der Waals surface area contributed by atoms with Crippen LogP contribution in [0.15, 0.2) is 78.9 Å². The quantitative estimate of drug-likeness (QED) is 0.287. The van der Waals surface area contributed by atoms with Crippen LogP contribution in [0, 0.1) is 5.92 Å². The van der Waals surface area contributed by atoms with Gasteiger partial charge in [-0.3, -0.25) is 13.9 Å². The largest absolute Gasteiger partial charge is 0.416 e. The smallest absolute Gasteiger partial charge is 0.354 e. The summed E-state index contributed by atoms with van der Waals surface area (Å²) < 4.78 is 66.5. The van der Waals surface area contributed by atoms with Crippen LogP contribution in [-0.4, -0.2) is 50.5 Å². The fraction of sp³-hybridized carbons (Fsp3) is 0.333. The molecule has 0 aliphatic heterocycles. The Morgan fingerprint density at radius 1 is 0.929 bits per heavy atom. The Balaban J connectivity index is 2.07. The first-order valence-electron chi connectivity index (χ1n) is 13.2. The number of sulfonamides is 1. The van der Waals surface area contributed by atoms with Crippen LogP contribution in [0.25, 0.3) is 0 Å². The van der Waals surface area contributed by atoms with Crippen molar-refractivity contribution in [2.45, 2.75) is 39.0 Å².